The van der Waals surface area contributed by atoms with Crippen molar-refractivity contribution >= 4 is 33.0 Å². The molecule has 32 heavy (non-hydrogen) atoms. The molecule has 0 fully saturated rings. The van der Waals surface area contributed by atoms with E-state index in [1.54, 1.807) is 4.57 Å². The molecule has 2 heterocycles. The monoisotopic (exact) mass is 483 g/mol. The van der Waals surface area contributed by atoms with Gasteiger partial charge in [0.25, 0.3) is 15.7 Å². The van der Waals surface area contributed by atoms with Crippen molar-refractivity contribution in [3.8, 4) is 11.4 Å². The number of nitro benzene ring substituents is 1. The molecule has 1 aromatic heterocycles. The second kappa shape index (κ2) is 8.43. The maximum Gasteiger partial charge on any atom is 0.289 e. The van der Waals surface area contributed by atoms with Gasteiger partial charge in [0.15, 0.2) is 5.82 Å². The van der Waals surface area contributed by atoms with E-state index in [1.165, 1.54) is 0 Å². The van der Waals surface area contributed by atoms with Gasteiger partial charge in [0, 0.05) is 25.1 Å². The summed E-state index contributed by atoms with van der Waals surface area (Å²) >= 11 is 5.72. The van der Waals surface area contributed by atoms with Crippen LogP contribution in [0.15, 0.2) is 35.2 Å². The number of nitrogens with zero attached hydrogens (tertiary/aromatic N) is 4. The summed E-state index contributed by atoms with van der Waals surface area (Å²) in [5.41, 5.74) is -1.28. The topological polar surface area (TPSA) is 120 Å². The molecule has 2 aromatic carbocycles. The van der Waals surface area contributed by atoms with E-state index in [-0.39, 0.29) is 16.4 Å². The lowest BCUT2D eigenvalue weighted by molar-refractivity contribution is -0.384. The number of benzene rings is 2. The summed E-state index contributed by atoms with van der Waals surface area (Å²) in [6, 6.07) is 4.39. The van der Waals surface area contributed by atoms with Crippen LogP contribution in [0.5, 0.6) is 0 Å². The largest absolute Gasteiger partial charge is 0.311 e. The lowest BCUT2D eigenvalue weighted by Gasteiger charge is -2.13. The highest BCUT2D eigenvalue weighted by molar-refractivity contribution is 7.92. The first kappa shape index (κ1) is 22.1. The Labute approximate surface area is 186 Å². The number of fused-ring (bicyclic) bond motifs is 1. The van der Waals surface area contributed by atoms with Gasteiger partial charge in [0.2, 0.25) is 0 Å². The summed E-state index contributed by atoms with van der Waals surface area (Å²) in [7, 11) is -4.45. The molecule has 0 atom stereocenters. The summed E-state index contributed by atoms with van der Waals surface area (Å²) in [5.74, 6) is -1.24. The smallest absolute Gasteiger partial charge is 0.289 e. The first-order chi connectivity index (χ1) is 15.2. The maximum atomic E-state index is 14.6. The fourth-order valence-electron chi connectivity index (χ4n) is 3.49. The molecule has 4 rings (SSSR count). The first-order valence-electron chi connectivity index (χ1n) is 9.55. The Kier molecular flexibility index (Phi) is 5.82. The highest BCUT2D eigenvalue weighted by Gasteiger charge is 2.25. The highest BCUT2D eigenvalue weighted by Crippen LogP contribution is 2.32. The van der Waals surface area contributed by atoms with Crippen LogP contribution in [0, 0.1) is 21.7 Å². The average molecular weight is 484 g/mol. The van der Waals surface area contributed by atoms with E-state index in [4.69, 9.17) is 11.6 Å². The Morgan fingerprint density at radius 2 is 1.88 bits per heavy atom. The zero-order valence-corrected chi connectivity index (χ0v) is 18.0. The molecule has 0 unspecified atom stereocenters. The maximum absolute atomic E-state index is 14.6. The molecule has 0 spiro atoms. The predicted octanol–water partition coefficient (Wildman–Crippen LogP) is 4.31. The Hall–Kier alpha value is -3.12. The number of hydrogen-bond donors (Lipinski definition) is 1. The van der Waals surface area contributed by atoms with Crippen LogP contribution in [0.4, 0.5) is 20.2 Å². The second-order valence-corrected chi connectivity index (χ2v) is 9.28. The van der Waals surface area contributed by atoms with Crippen LogP contribution in [-0.2, 0) is 23.0 Å². The van der Waals surface area contributed by atoms with Gasteiger partial charge in [0.05, 0.1) is 21.1 Å². The van der Waals surface area contributed by atoms with E-state index in [2.05, 4.69) is 10.2 Å². The van der Waals surface area contributed by atoms with Crippen LogP contribution in [-0.4, -0.2) is 28.1 Å². The second-order valence-electron chi connectivity index (χ2n) is 7.19. The van der Waals surface area contributed by atoms with Crippen molar-refractivity contribution in [2.24, 2.45) is 0 Å². The van der Waals surface area contributed by atoms with Gasteiger partial charge in [-0.25, -0.2) is 17.2 Å². The number of sulfonamides is 1. The average Bonchev–Trinajstić information content (AvgIpc) is 2.97. The molecule has 168 valence electrons. The standard InChI is InChI=1S/C19H16ClF2N5O4S/c20-13-6-5-11(8-17(13)27(28)29)32(30,31)25-16-9-12(14(21)10-15(16)22)19-24-23-18-4-2-1-3-7-26(18)19/h5-6,8-10,25H,1-4,7H2. The minimum Gasteiger partial charge on any atom is -0.311 e. The van der Waals surface area contributed by atoms with E-state index in [1.807, 2.05) is 4.72 Å². The number of nitro groups is 1. The molecule has 0 saturated heterocycles. The van der Waals surface area contributed by atoms with Crippen LogP contribution in [0.1, 0.15) is 25.1 Å². The van der Waals surface area contributed by atoms with Crippen molar-refractivity contribution in [3.63, 3.8) is 0 Å². The van der Waals surface area contributed by atoms with Crippen molar-refractivity contribution < 1.29 is 22.1 Å². The van der Waals surface area contributed by atoms with Gasteiger partial charge < -0.3 is 4.57 Å². The lowest BCUT2D eigenvalue weighted by atomic mass is 10.1. The van der Waals surface area contributed by atoms with E-state index >= 15 is 0 Å². The van der Waals surface area contributed by atoms with Crippen molar-refractivity contribution in [2.75, 3.05) is 4.72 Å². The van der Waals surface area contributed by atoms with Gasteiger partial charge in [-0.05, 0) is 31.0 Å². The molecule has 0 bridgehead atoms. The summed E-state index contributed by atoms with van der Waals surface area (Å²) in [5, 5.41) is 18.9. The van der Waals surface area contributed by atoms with Crippen molar-refractivity contribution in [1.82, 2.24) is 14.8 Å². The number of halogens is 3. The van der Waals surface area contributed by atoms with Crippen molar-refractivity contribution in [3.05, 3.63) is 62.9 Å². The molecule has 3 aromatic rings. The summed E-state index contributed by atoms with van der Waals surface area (Å²) < 4.78 is 58.3. The fourth-order valence-corrected chi connectivity index (χ4v) is 4.75. The number of hydrogen-bond acceptors (Lipinski definition) is 6. The number of rotatable bonds is 5. The molecule has 1 aliphatic rings. The third-order valence-corrected chi connectivity index (χ3v) is 6.76. The number of anilines is 1. The van der Waals surface area contributed by atoms with E-state index < -0.39 is 42.9 Å². The van der Waals surface area contributed by atoms with Crippen LogP contribution in [0.25, 0.3) is 11.4 Å². The minimum absolute atomic E-state index is 0.119. The Balaban J connectivity index is 1.74. The molecule has 0 aliphatic carbocycles. The molecule has 1 N–H and O–H groups in total. The predicted molar refractivity (Wildman–Crippen MR) is 112 cm³/mol. The van der Waals surface area contributed by atoms with E-state index in [0.29, 0.717) is 24.9 Å². The van der Waals surface area contributed by atoms with E-state index in [0.717, 1.165) is 43.5 Å². The third kappa shape index (κ3) is 4.15. The normalized spacial score (nSPS) is 14.0. The lowest BCUT2D eigenvalue weighted by Crippen LogP contribution is -2.15. The Bertz CT molecular complexity index is 1330. The summed E-state index contributed by atoms with van der Waals surface area (Å²) in [6.45, 7) is 0.560. The molecule has 0 amide bonds. The highest BCUT2D eigenvalue weighted by atomic mass is 35.5. The number of nitrogens with one attached hydrogen (secondary N) is 1. The van der Waals surface area contributed by atoms with Crippen LogP contribution in [0.2, 0.25) is 5.02 Å². The van der Waals surface area contributed by atoms with Gasteiger partial charge >= 0.3 is 0 Å². The zero-order valence-electron chi connectivity index (χ0n) is 16.4. The molecular weight excluding hydrogens is 468 g/mol. The molecule has 13 heteroatoms. The molecule has 1 aliphatic heterocycles. The van der Waals surface area contributed by atoms with Gasteiger partial charge in [-0.3, -0.25) is 14.8 Å². The summed E-state index contributed by atoms with van der Waals surface area (Å²) in [4.78, 5) is 9.71. The van der Waals surface area contributed by atoms with Gasteiger partial charge in [-0.15, -0.1) is 10.2 Å². The quantitative estimate of drug-likeness (QED) is 0.426. The first-order valence-corrected chi connectivity index (χ1v) is 11.4. The Morgan fingerprint density at radius 3 is 2.62 bits per heavy atom. The molecular formula is C19H16ClF2N5O4S. The molecule has 0 saturated carbocycles. The summed E-state index contributed by atoms with van der Waals surface area (Å²) in [6.07, 6.45) is 3.41. The fraction of sp³-hybridized carbons (Fsp3) is 0.263. The van der Waals surface area contributed by atoms with Gasteiger partial charge in [0.1, 0.15) is 22.5 Å². The number of aryl methyl sites for hydroxylation is 1. The minimum atomic E-state index is -4.45. The van der Waals surface area contributed by atoms with Crippen LogP contribution in [0.3, 0.4) is 0 Å². The van der Waals surface area contributed by atoms with Crippen LogP contribution >= 0.6 is 11.6 Å². The van der Waals surface area contributed by atoms with Gasteiger partial charge in [-0.2, -0.15) is 0 Å². The van der Waals surface area contributed by atoms with E-state index in [9.17, 15) is 27.3 Å². The van der Waals surface area contributed by atoms with Crippen molar-refractivity contribution in [2.45, 2.75) is 37.1 Å². The molecule has 9 nitrogen and oxygen atoms in total. The van der Waals surface area contributed by atoms with Crippen LogP contribution < -0.4 is 4.72 Å². The Morgan fingerprint density at radius 1 is 1.09 bits per heavy atom. The number of aromatic nitrogens is 3. The SMILES string of the molecule is O=[N+]([O-])c1cc(S(=O)(=O)Nc2cc(-c3nnc4n3CCCCC4)c(F)cc2F)ccc1Cl. The third-order valence-electron chi connectivity index (χ3n) is 5.08. The van der Waals surface area contributed by atoms with Crippen molar-refractivity contribution in [1.29, 1.82) is 0 Å². The zero-order chi connectivity index (χ0) is 23.0. The van der Waals surface area contributed by atoms with Gasteiger partial charge in [-0.1, -0.05) is 18.0 Å². The molecule has 0 radical (unpaired) electrons.